The van der Waals surface area contributed by atoms with E-state index in [1.54, 1.807) is 0 Å². The van der Waals surface area contributed by atoms with Crippen LogP contribution in [-0.2, 0) is 16.2 Å². The van der Waals surface area contributed by atoms with E-state index in [9.17, 15) is 21.6 Å². The molecule has 1 fully saturated rings. The number of benzene rings is 1. The third-order valence-electron chi connectivity index (χ3n) is 3.37. The second-order valence-electron chi connectivity index (χ2n) is 5.31. The second-order valence-corrected chi connectivity index (χ2v) is 6.99. The number of piperidine rings is 1. The molecule has 8 heteroatoms. The van der Waals surface area contributed by atoms with Crippen LogP contribution in [0.5, 0.6) is 0 Å². The highest BCUT2D eigenvalue weighted by Crippen LogP contribution is 2.34. The van der Waals surface area contributed by atoms with Crippen molar-refractivity contribution in [2.45, 2.75) is 30.5 Å². The lowest BCUT2D eigenvalue weighted by atomic mass is 9.99. The van der Waals surface area contributed by atoms with Gasteiger partial charge in [-0.3, -0.25) is 0 Å². The Morgan fingerprint density at radius 3 is 2.52 bits per heavy atom. The molecule has 21 heavy (non-hydrogen) atoms. The van der Waals surface area contributed by atoms with Gasteiger partial charge < -0.3 is 5.32 Å². The van der Waals surface area contributed by atoms with Crippen molar-refractivity contribution in [2.24, 2.45) is 5.92 Å². The first-order valence-corrected chi connectivity index (χ1v) is 8.08. The number of rotatable bonds is 3. The molecule has 1 aliphatic heterocycles. The molecule has 2 rings (SSSR count). The first kappa shape index (κ1) is 16.3. The molecule has 0 saturated carbocycles. The molecule has 0 amide bonds. The molecule has 1 aromatic rings. The molecule has 1 aromatic carbocycles. The van der Waals surface area contributed by atoms with E-state index in [1.165, 1.54) is 12.1 Å². The largest absolute Gasteiger partial charge is 0.417 e. The zero-order valence-electron chi connectivity index (χ0n) is 11.4. The maximum Gasteiger partial charge on any atom is 0.417 e. The van der Waals surface area contributed by atoms with E-state index in [1.807, 2.05) is 6.92 Å². The summed E-state index contributed by atoms with van der Waals surface area (Å²) >= 11 is 0. The van der Waals surface area contributed by atoms with Crippen molar-refractivity contribution in [1.29, 1.82) is 0 Å². The molecule has 0 spiro atoms. The Hall–Kier alpha value is -1.12. The normalized spacial score (nSPS) is 24.0. The monoisotopic (exact) mass is 322 g/mol. The van der Waals surface area contributed by atoms with E-state index in [0.717, 1.165) is 18.7 Å². The lowest BCUT2D eigenvalue weighted by Gasteiger charge is -2.28. The first-order chi connectivity index (χ1) is 9.70. The number of alkyl halides is 3. The van der Waals surface area contributed by atoms with Gasteiger partial charge in [-0.15, -0.1) is 0 Å². The molecule has 2 unspecified atom stereocenters. The molecular formula is C13H17F3N2O2S. The first-order valence-electron chi connectivity index (χ1n) is 6.59. The Morgan fingerprint density at radius 2 is 1.90 bits per heavy atom. The summed E-state index contributed by atoms with van der Waals surface area (Å²) in [5.74, 6) is 0.268. The van der Waals surface area contributed by atoms with Crippen molar-refractivity contribution in [3.05, 3.63) is 29.8 Å². The highest BCUT2D eigenvalue weighted by Gasteiger charge is 2.37. The van der Waals surface area contributed by atoms with Crippen LogP contribution in [-0.4, -0.2) is 27.5 Å². The molecule has 1 heterocycles. The average Bonchev–Trinajstić information content (AvgIpc) is 2.37. The fraction of sp³-hybridized carbons (Fsp3) is 0.538. The smallest absolute Gasteiger partial charge is 0.315 e. The van der Waals surface area contributed by atoms with Crippen LogP contribution in [0.2, 0.25) is 0 Å². The summed E-state index contributed by atoms with van der Waals surface area (Å²) in [5, 5.41) is 3.05. The van der Waals surface area contributed by atoms with Gasteiger partial charge in [0.15, 0.2) is 0 Å². The van der Waals surface area contributed by atoms with Crippen molar-refractivity contribution >= 4 is 10.0 Å². The summed E-state index contributed by atoms with van der Waals surface area (Å²) in [5.41, 5.74) is -1.14. The van der Waals surface area contributed by atoms with E-state index in [4.69, 9.17) is 0 Å². The molecule has 0 bridgehead atoms. The fourth-order valence-corrected chi connectivity index (χ4v) is 3.94. The van der Waals surface area contributed by atoms with Gasteiger partial charge in [-0.2, -0.15) is 13.2 Å². The van der Waals surface area contributed by atoms with Gasteiger partial charge in [-0.05, 0) is 31.0 Å². The van der Waals surface area contributed by atoms with E-state index in [-0.39, 0.29) is 5.92 Å². The van der Waals surface area contributed by atoms with Crippen molar-refractivity contribution in [3.8, 4) is 0 Å². The third-order valence-corrected chi connectivity index (χ3v) is 4.95. The van der Waals surface area contributed by atoms with Crippen LogP contribution in [0, 0.1) is 5.92 Å². The van der Waals surface area contributed by atoms with Gasteiger partial charge in [-0.25, -0.2) is 13.1 Å². The Balaban J connectivity index is 2.28. The summed E-state index contributed by atoms with van der Waals surface area (Å²) in [7, 11) is -4.21. The van der Waals surface area contributed by atoms with Gasteiger partial charge >= 0.3 is 6.18 Å². The van der Waals surface area contributed by atoms with Gasteiger partial charge in [-0.1, -0.05) is 19.1 Å². The second kappa shape index (κ2) is 5.94. The summed E-state index contributed by atoms with van der Waals surface area (Å²) in [6.07, 6.45) is -4.11. The van der Waals surface area contributed by atoms with E-state index >= 15 is 0 Å². The molecule has 0 radical (unpaired) electrons. The van der Waals surface area contributed by atoms with Crippen LogP contribution in [0.15, 0.2) is 29.2 Å². The molecular weight excluding hydrogens is 305 g/mol. The van der Waals surface area contributed by atoms with E-state index in [0.29, 0.717) is 13.0 Å². The fourth-order valence-electron chi connectivity index (χ4n) is 2.46. The van der Waals surface area contributed by atoms with Gasteiger partial charge in [0.05, 0.1) is 10.5 Å². The van der Waals surface area contributed by atoms with Crippen LogP contribution < -0.4 is 10.0 Å². The van der Waals surface area contributed by atoms with Gasteiger partial charge in [0.2, 0.25) is 10.0 Å². The summed E-state index contributed by atoms with van der Waals surface area (Å²) < 4.78 is 65.6. The summed E-state index contributed by atoms with van der Waals surface area (Å²) in [4.78, 5) is -0.726. The molecule has 4 nitrogen and oxygen atoms in total. The van der Waals surface area contributed by atoms with Crippen LogP contribution >= 0.6 is 0 Å². The minimum atomic E-state index is -4.70. The molecule has 0 aromatic heterocycles. The Morgan fingerprint density at radius 1 is 1.24 bits per heavy atom. The predicted molar refractivity (Wildman–Crippen MR) is 72.2 cm³/mol. The predicted octanol–water partition coefficient (Wildman–Crippen LogP) is 1.98. The van der Waals surface area contributed by atoms with Gasteiger partial charge in [0, 0.05) is 12.6 Å². The van der Waals surface area contributed by atoms with Crippen LogP contribution in [0.4, 0.5) is 13.2 Å². The third kappa shape index (κ3) is 3.96. The van der Waals surface area contributed by atoms with Crippen molar-refractivity contribution < 1.29 is 21.6 Å². The lowest BCUT2D eigenvalue weighted by Crippen LogP contribution is -2.48. The minimum absolute atomic E-state index is 0.268. The van der Waals surface area contributed by atoms with Gasteiger partial charge in [0.1, 0.15) is 0 Å². The zero-order chi connectivity index (χ0) is 15.7. The van der Waals surface area contributed by atoms with E-state index < -0.39 is 32.7 Å². The average molecular weight is 322 g/mol. The highest BCUT2D eigenvalue weighted by molar-refractivity contribution is 7.89. The standard InChI is InChI=1S/C13H17F3N2O2S/c1-9-6-10(8-17-7-9)18-21(19,20)12-5-3-2-4-11(12)13(14,15)16/h2-5,9-10,17-18H,6-8H2,1H3. The zero-order valence-corrected chi connectivity index (χ0v) is 12.3. The number of nitrogens with one attached hydrogen (secondary N) is 2. The van der Waals surface area contributed by atoms with Crippen LogP contribution in [0.3, 0.4) is 0 Å². The Kier molecular flexibility index (Phi) is 4.60. The molecule has 118 valence electrons. The summed E-state index contributed by atoms with van der Waals surface area (Å²) in [6, 6.07) is 3.80. The number of hydrogen-bond acceptors (Lipinski definition) is 3. The number of halogens is 3. The van der Waals surface area contributed by atoms with E-state index in [2.05, 4.69) is 10.0 Å². The number of hydrogen-bond donors (Lipinski definition) is 2. The quantitative estimate of drug-likeness (QED) is 0.895. The van der Waals surface area contributed by atoms with Crippen molar-refractivity contribution in [2.75, 3.05) is 13.1 Å². The Labute approximate surface area is 121 Å². The SMILES string of the molecule is CC1CNCC(NS(=O)(=O)c2ccccc2C(F)(F)F)C1. The minimum Gasteiger partial charge on any atom is -0.315 e. The highest BCUT2D eigenvalue weighted by atomic mass is 32.2. The summed E-state index contributed by atoms with van der Waals surface area (Å²) in [6.45, 7) is 3.15. The molecule has 1 aliphatic rings. The van der Waals surface area contributed by atoms with Crippen LogP contribution in [0.25, 0.3) is 0 Å². The molecule has 2 atom stereocenters. The Bertz CT molecular complexity index is 602. The molecule has 0 aliphatic carbocycles. The van der Waals surface area contributed by atoms with Crippen LogP contribution in [0.1, 0.15) is 18.9 Å². The molecule has 1 saturated heterocycles. The lowest BCUT2D eigenvalue weighted by molar-refractivity contribution is -0.139. The van der Waals surface area contributed by atoms with Gasteiger partial charge in [0.25, 0.3) is 0 Å². The topological polar surface area (TPSA) is 58.2 Å². The van der Waals surface area contributed by atoms with Crippen molar-refractivity contribution in [3.63, 3.8) is 0 Å². The number of sulfonamides is 1. The maximum absolute atomic E-state index is 12.9. The molecule has 2 N–H and O–H groups in total. The maximum atomic E-state index is 12.9. The van der Waals surface area contributed by atoms with Crippen molar-refractivity contribution in [1.82, 2.24) is 10.0 Å².